The lowest BCUT2D eigenvalue weighted by atomic mass is 10.0. The smallest absolute Gasteiger partial charge is 0.323 e. The van der Waals surface area contributed by atoms with Gasteiger partial charge < -0.3 is 15.3 Å². The fourth-order valence-corrected chi connectivity index (χ4v) is 1.77. The Balaban J connectivity index is 2.36. The summed E-state index contributed by atoms with van der Waals surface area (Å²) < 4.78 is 5.11. The molecule has 0 saturated heterocycles. The maximum absolute atomic E-state index is 10.7. The topological polar surface area (TPSA) is 102 Å². The Morgan fingerprint density at radius 2 is 2.33 bits per heavy atom. The largest absolute Gasteiger partial charge is 0.480 e. The molecule has 15 heavy (non-hydrogen) atoms. The molecule has 3 N–H and O–H groups in total. The van der Waals surface area contributed by atoms with Crippen molar-refractivity contribution < 1.29 is 14.3 Å². The van der Waals surface area contributed by atoms with Crippen molar-refractivity contribution >= 4 is 17.7 Å². The molecule has 0 amide bonds. The molecule has 1 unspecified atom stereocenters. The number of aliphatic carboxylic acids is 1. The standard InChI is InChI=1S/C8H13N3O3S/c1-5-10-11-7(14-5)15-4-3-8(2,9)6(12)13/h3-4,9H2,1-2H3,(H,12,13). The van der Waals surface area contributed by atoms with Crippen molar-refractivity contribution in [3.05, 3.63) is 5.89 Å². The van der Waals surface area contributed by atoms with Crippen molar-refractivity contribution in [1.29, 1.82) is 0 Å². The molecule has 1 atom stereocenters. The zero-order valence-corrected chi connectivity index (χ0v) is 9.37. The maximum atomic E-state index is 10.7. The van der Waals surface area contributed by atoms with Gasteiger partial charge in [-0.3, -0.25) is 4.79 Å². The number of carboxylic acid groups (broad SMARTS) is 1. The molecule has 1 aromatic heterocycles. The average Bonchev–Trinajstić information content (AvgIpc) is 2.51. The molecule has 0 aliphatic carbocycles. The van der Waals surface area contributed by atoms with Crippen LogP contribution in [0, 0.1) is 6.92 Å². The van der Waals surface area contributed by atoms with Gasteiger partial charge in [0.15, 0.2) is 0 Å². The number of thioether (sulfide) groups is 1. The Morgan fingerprint density at radius 3 is 2.80 bits per heavy atom. The van der Waals surface area contributed by atoms with Crippen molar-refractivity contribution in [2.75, 3.05) is 5.75 Å². The van der Waals surface area contributed by atoms with Gasteiger partial charge in [0.2, 0.25) is 5.89 Å². The predicted octanol–water partition coefficient (Wildman–Crippen LogP) is 0.662. The van der Waals surface area contributed by atoms with Crippen LogP contribution in [0.3, 0.4) is 0 Å². The van der Waals surface area contributed by atoms with Crippen LogP contribution in [0.15, 0.2) is 9.64 Å². The molecule has 1 aromatic rings. The van der Waals surface area contributed by atoms with Gasteiger partial charge in [0, 0.05) is 12.7 Å². The Hall–Kier alpha value is -1.08. The minimum atomic E-state index is -1.21. The lowest BCUT2D eigenvalue weighted by molar-refractivity contribution is -0.142. The number of nitrogens with two attached hydrogens (primary N) is 1. The first-order valence-electron chi connectivity index (χ1n) is 4.37. The summed E-state index contributed by atoms with van der Waals surface area (Å²) in [5.74, 6) is 0.0112. The van der Waals surface area contributed by atoms with E-state index in [9.17, 15) is 4.79 Å². The van der Waals surface area contributed by atoms with E-state index in [0.29, 0.717) is 23.3 Å². The highest BCUT2D eigenvalue weighted by Crippen LogP contribution is 2.19. The summed E-state index contributed by atoms with van der Waals surface area (Å²) in [5, 5.41) is 16.6. The highest BCUT2D eigenvalue weighted by atomic mass is 32.2. The first-order chi connectivity index (χ1) is 6.92. The second-order valence-corrected chi connectivity index (χ2v) is 4.45. The van der Waals surface area contributed by atoms with E-state index in [0.717, 1.165) is 0 Å². The molecule has 0 aromatic carbocycles. The summed E-state index contributed by atoms with van der Waals surface area (Å²) in [6.45, 7) is 3.18. The summed E-state index contributed by atoms with van der Waals surface area (Å²) in [6, 6.07) is 0. The quantitative estimate of drug-likeness (QED) is 0.717. The van der Waals surface area contributed by atoms with Crippen molar-refractivity contribution in [3.8, 4) is 0 Å². The molecule has 0 aliphatic rings. The van der Waals surface area contributed by atoms with Crippen molar-refractivity contribution in [2.24, 2.45) is 5.73 Å². The SMILES string of the molecule is Cc1nnc(SCCC(C)(N)C(=O)O)o1. The van der Waals surface area contributed by atoms with E-state index in [2.05, 4.69) is 10.2 Å². The normalized spacial score (nSPS) is 14.9. The van der Waals surface area contributed by atoms with E-state index < -0.39 is 11.5 Å². The lowest BCUT2D eigenvalue weighted by Crippen LogP contribution is -2.45. The fraction of sp³-hybridized carbons (Fsp3) is 0.625. The molecule has 0 spiro atoms. The van der Waals surface area contributed by atoms with E-state index in [1.165, 1.54) is 18.7 Å². The minimum Gasteiger partial charge on any atom is -0.480 e. The summed E-state index contributed by atoms with van der Waals surface area (Å²) in [6.07, 6.45) is 0.342. The van der Waals surface area contributed by atoms with Crippen LogP contribution >= 0.6 is 11.8 Å². The Labute approximate surface area is 91.2 Å². The highest BCUT2D eigenvalue weighted by molar-refractivity contribution is 7.99. The monoisotopic (exact) mass is 231 g/mol. The summed E-state index contributed by atoms with van der Waals surface area (Å²) >= 11 is 1.30. The molecule has 0 aliphatic heterocycles. The Kier molecular flexibility index (Phi) is 3.70. The van der Waals surface area contributed by atoms with Gasteiger partial charge in [0.25, 0.3) is 5.22 Å². The molecule has 1 heterocycles. The molecular formula is C8H13N3O3S. The van der Waals surface area contributed by atoms with E-state index >= 15 is 0 Å². The predicted molar refractivity (Wildman–Crippen MR) is 54.6 cm³/mol. The first-order valence-corrected chi connectivity index (χ1v) is 5.35. The van der Waals surface area contributed by atoms with Crippen molar-refractivity contribution in [1.82, 2.24) is 10.2 Å². The van der Waals surface area contributed by atoms with Crippen LogP contribution in [-0.2, 0) is 4.79 Å². The molecule has 0 radical (unpaired) electrons. The summed E-state index contributed by atoms with van der Waals surface area (Å²) in [4.78, 5) is 10.7. The van der Waals surface area contributed by atoms with Crippen LogP contribution in [0.2, 0.25) is 0 Å². The van der Waals surface area contributed by atoms with Crippen LogP contribution < -0.4 is 5.73 Å². The van der Waals surface area contributed by atoms with Crippen LogP contribution in [-0.4, -0.2) is 32.6 Å². The zero-order chi connectivity index (χ0) is 11.5. The summed E-state index contributed by atoms with van der Waals surface area (Å²) in [7, 11) is 0. The Morgan fingerprint density at radius 1 is 1.67 bits per heavy atom. The minimum absolute atomic E-state index is 0.342. The second kappa shape index (κ2) is 4.63. The number of nitrogens with zero attached hydrogens (tertiary/aromatic N) is 2. The van der Waals surface area contributed by atoms with Gasteiger partial charge in [0.05, 0.1) is 0 Å². The number of hydrogen-bond acceptors (Lipinski definition) is 6. The molecule has 84 valence electrons. The van der Waals surface area contributed by atoms with E-state index in [1.807, 2.05) is 0 Å². The van der Waals surface area contributed by atoms with Crippen LogP contribution in [0.5, 0.6) is 0 Å². The highest BCUT2D eigenvalue weighted by Gasteiger charge is 2.27. The average molecular weight is 231 g/mol. The Bertz CT molecular complexity index is 351. The van der Waals surface area contributed by atoms with Gasteiger partial charge >= 0.3 is 5.97 Å². The maximum Gasteiger partial charge on any atom is 0.323 e. The molecule has 0 fully saturated rings. The third-order valence-corrected chi connectivity index (χ3v) is 2.66. The lowest BCUT2D eigenvalue weighted by Gasteiger charge is -2.17. The third-order valence-electron chi connectivity index (χ3n) is 1.84. The van der Waals surface area contributed by atoms with Crippen molar-refractivity contribution in [2.45, 2.75) is 31.0 Å². The number of aromatic nitrogens is 2. The number of rotatable bonds is 5. The molecule has 1 rings (SSSR count). The number of carboxylic acids is 1. The number of hydrogen-bond donors (Lipinski definition) is 2. The molecule has 0 saturated carbocycles. The zero-order valence-electron chi connectivity index (χ0n) is 8.56. The fourth-order valence-electron chi connectivity index (χ4n) is 0.794. The van der Waals surface area contributed by atoms with Crippen LogP contribution in [0.1, 0.15) is 19.2 Å². The summed E-state index contributed by atoms with van der Waals surface area (Å²) in [5.41, 5.74) is 4.34. The van der Waals surface area contributed by atoms with E-state index in [1.54, 1.807) is 6.92 Å². The van der Waals surface area contributed by atoms with Gasteiger partial charge in [-0.2, -0.15) is 0 Å². The van der Waals surface area contributed by atoms with Gasteiger partial charge in [0.1, 0.15) is 5.54 Å². The van der Waals surface area contributed by atoms with Crippen LogP contribution in [0.25, 0.3) is 0 Å². The molecule has 7 heteroatoms. The molecular weight excluding hydrogens is 218 g/mol. The van der Waals surface area contributed by atoms with Gasteiger partial charge in [-0.25, -0.2) is 0 Å². The third kappa shape index (κ3) is 3.52. The number of carbonyl (C=O) groups is 1. The van der Waals surface area contributed by atoms with Gasteiger partial charge in [-0.15, -0.1) is 10.2 Å². The van der Waals surface area contributed by atoms with Gasteiger partial charge in [-0.05, 0) is 13.3 Å². The molecule has 6 nitrogen and oxygen atoms in total. The number of aryl methyl sites for hydroxylation is 1. The first kappa shape index (κ1) is 12.0. The van der Waals surface area contributed by atoms with Gasteiger partial charge in [-0.1, -0.05) is 11.8 Å². The second-order valence-electron chi connectivity index (χ2n) is 3.41. The van der Waals surface area contributed by atoms with E-state index in [4.69, 9.17) is 15.3 Å². The molecule has 0 bridgehead atoms. The van der Waals surface area contributed by atoms with Crippen LogP contribution in [0.4, 0.5) is 0 Å². The van der Waals surface area contributed by atoms with Crippen molar-refractivity contribution in [3.63, 3.8) is 0 Å². The van der Waals surface area contributed by atoms with E-state index in [-0.39, 0.29) is 0 Å².